The maximum atomic E-state index is 4.91. The van der Waals surface area contributed by atoms with Crippen molar-refractivity contribution < 1.29 is 0 Å². The number of aromatic nitrogens is 2. The Morgan fingerprint density at radius 3 is 1.68 bits per heavy atom. The lowest BCUT2D eigenvalue weighted by Gasteiger charge is -2.14. The zero-order valence-electron chi connectivity index (χ0n) is 22.6. The van der Waals surface area contributed by atoms with Crippen LogP contribution in [0.15, 0.2) is 133 Å². The molecule has 2 heterocycles. The van der Waals surface area contributed by atoms with E-state index in [9.17, 15) is 0 Å². The first kappa shape index (κ1) is 24.0. The van der Waals surface area contributed by atoms with E-state index in [1.807, 2.05) is 6.92 Å². The molecule has 0 unspecified atom stereocenters. The molecule has 0 saturated carbocycles. The maximum Gasteiger partial charge on any atom is 0.0974 e. The summed E-state index contributed by atoms with van der Waals surface area (Å²) >= 11 is 0. The number of benzene rings is 5. The van der Waals surface area contributed by atoms with Gasteiger partial charge in [-0.05, 0) is 76.6 Å². The Balaban J connectivity index is 1.32. The standard InChI is InChI=1S/C38H28N2/c1-25-13-14-31-19-22-34-35(23-26(2)40-38(34)37(31)39-25)30-17-15-27(16-18-30)32-20-21-33(28-9-5-3-6-10-28)36(24-32)29-11-7-4-8-12-29/h3-24H,1-2H3. The summed E-state index contributed by atoms with van der Waals surface area (Å²) in [4.78, 5) is 9.74. The van der Waals surface area contributed by atoms with Crippen molar-refractivity contribution in [3.8, 4) is 44.5 Å². The molecule has 2 nitrogen and oxygen atoms in total. The zero-order chi connectivity index (χ0) is 27.1. The van der Waals surface area contributed by atoms with Gasteiger partial charge in [0.1, 0.15) is 0 Å². The number of fused-ring (bicyclic) bond motifs is 3. The third-order valence-electron chi connectivity index (χ3n) is 7.62. The second-order valence-electron chi connectivity index (χ2n) is 10.4. The molecule has 40 heavy (non-hydrogen) atoms. The highest BCUT2D eigenvalue weighted by Gasteiger charge is 2.13. The Morgan fingerprint density at radius 2 is 0.950 bits per heavy atom. The molecule has 2 heteroatoms. The van der Waals surface area contributed by atoms with E-state index in [0.29, 0.717) is 0 Å². The molecule has 7 rings (SSSR count). The minimum Gasteiger partial charge on any atom is -0.251 e. The lowest BCUT2D eigenvalue weighted by molar-refractivity contribution is 1.23. The summed E-state index contributed by atoms with van der Waals surface area (Å²) in [6.45, 7) is 4.09. The molecule has 190 valence electrons. The third kappa shape index (κ3) is 4.34. The van der Waals surface area contributed by atoms with Crippen molar-refractivity contribution in [1.82, 2.24) is 9.97 Å². The predicted molar refractivity (Wildman–Crippen MR) is 168 cm³/mol. The summed E-state index contributed by atoms with van der Waals surface area (Å²) in [6, 6.07) is 47.7. The van der Waals surface area contributed by atoms with Crippen LogP contribution in [0.4, 0.5) is 0 Å². The van der Waals surface area contributed by atoms with Gasteiger partial charge in [-0.2, -0.15) is 0 Å². The van der Waals surface area contributed by atoms with Crippen LogP contribution in [0.5, 0.6) is 0 Å². The molecule has 0 saturated heterocycles. The first-order valence-corrected chi connectivity index (χ1v) is 13.7. The van der Waals surface area contributed by atoms with E-state index in [4.69, 9.17) is 9.97 Å². The van der Waals surface area contributed by atoms with E-state index >= 15 is 0 Å². The summed E-state index contributed by atoms with van der Waals surface area (Å²) < 4.78 is 0. The van der Waals surface area contributed by atoms with E-state index in [1.54, 1.807) is 0 Å². The van der Waals surface area contributed by atoms with E-state index in [2.05, 4.69) is 140 Å². The lowest BCUT2D eigenvalue weighted by Crippen LogP contribution is -1.93. The lowest BCUT2D eigenvalue weighted by atomic mass is 9.90. The Labute approximate surface area is 234 Å². The Hall–Kier alpha value is -5.08. The second-order valence-corrected chi connectivity index (χ2v) is 10.4. The van der Waals surface area contributed by atoms with Gasteiger partial charge in [-0.25, -0.2) is 0 Å². The van der Waals surface area contributed by atoms with Crippen LogP contribution in [-0.4, -0.2) is 9.97 Å². The number of rotatable bonds is 4. The maximum absolute atomic E-state index is 4.91. The molecule has 0 bridgehead atoms. The van der Waals surface area contributed by atoms with Gasteiger partial charge in [0.05, 0.1) is 11.0 Å². The first-order valence-electron chi connectivity index (χ1n) is 13.7. The van der Waals surface area contributed by atoms with Crippen LogP contribution in [0.1, 0.15) is 11.4 Å². The van der Waals surface area contributed by atoms with Crippen molar-refractivity contribution in [2.75, 3.05) is 0 Å². The molecule has 0 aliphatic heterocycles. The molecule has 0 radical (unpaired) electrons. The van der Waals surface area contributed by atoms with Crippen LogP contribution in [0.25, 0.3) is 66.3 Å². The minimum atomic E-state index is 0.962. The zero-order valence-corrected chi connectivity index (χ0v) is 22.6. The van der Waals surface area contributed by atoms with Gasteiger partial charge < -0.3 is 0 Å². The highest BCUT2D eigenvalue weighted by atomic mass is 14.8. The molecular weight excluding hydrogens is 484 g/mol. The number of pyridine rings is 2. The fourth-order valence-corrected chi connectivity index (χ4v) is 5.63. The molecular formula is C38H28N2. The van der Waals surface area contributed by atoms with E-state index in [-0.39, 0.29) is 0 Å². The summed E-state index contributed by atoms with van der Waals surface area (Å²) in [5, 5.41) is 2.24. The number of hydrogen-bond donors (Lipinski definition) is 0. The molecule has 0 aliphatic rings. The van der Waals surface area contributed by atoms with Crippen molar-refractivity contribution in [3.63, 3.8) is 0 Å². The highest BCUT2D eigenvalue weighted by molar-refractivity contribution is 6.08. The second kappa shape index (κ2) is 9.91. The average molecular weight is 513 g/mol. The molecule has 0 spiro atoms. The van der Waals surface area contributed by atoms with Crippen molar-refractivity contribution in [2.45, 2.75) is 13.8 Å². The Morgan fingerprint density at radius 1 is 0.375 bits per heavy atom. The van der Waals surface area contributed by atoms with Gasteiger partial charge in [0.2, 0.25) is 0 Å². The van der Waals surface area contributed by atoms with Gasteiger partial charge >= 0.3 is 0 Å². The quantitative estimate of drug-likeness (QED) is 0.219. The van der Waals surface area contributed by atoms with E-state index < -0.39 is 0 Å². The van der Waals surface area contributed by atoms with Gasteiger partial charge in [-0.3, -0.25) is 9.97 Å². The fourth-order valence-electron chi connectivity index (χ4n) is 5.63. The van der Waals surface area contributed by atoms with Crippen LogP contribution < -0.4 is 0 Å². The Kier molecular flexibility index (Phi) is 5.94. The molecule has 2 aromatic heterocycles. The SMILES string of the molecule is Cc1ccc2ccc3c(-c4ccc(-c5ccc(-c6ccccc6)c(-c6ccccc6)c5)cc4)cc(C)nc3c2n1. The van der Waals surface area contributed by atoms with Gasteiger partial charge in [0.15, 0.2) is 0 Å². The Bertz CT molecular complexity index is 1990. The van der Waals surface area contributed by atoms with Crippen LogP contribution in [0, 0.1) is 13.8 Å². The molecule has 0 N–H and O–H groups in total. The van der Waals surface area contributed by atoms with Crippen molar-refractivity contribution in [3.05, 3.63) is 145 Å². The summed E-state index contributed by atoms with van der Waals surface area (Å²) in [7, 11) is 0. The molecule has 0 aliphatic carbocycles. The van der Waals surface area contributed by atoms with Gasteiger partial charge in [0, 0.05) is 22.2 Å². The number of nitrogens with zero attached hydrogens (tertiary/aromatic N) is 2. The average Bonchev–Trinajstić information content (AvgIpc) is 3.01. The molecule has 7 aromatic rings. The van der Waals surface area contributed by atoms with Crippen LogP contribution >= 0.6 is 0 Å². The van der Waals surface area contributed by atoms with Crippen molar-refractivity contribution in [2.24, 2.45) is 0 Å². The van der Waals surface area contributed by atoms with Gasteiger partial charge in [-0.1, -0.05) is 115 Å². The van der Waals surface area contributed by atoms with Crippen molar-refractivity contribution in [1.29, 1.82) is 0 Å². The van der Waals surface area contributed by atoms with E-state index in [1.165, 1.54) is 44.5 Å². The summed E-state index contributed by atoms with van der Waals surface area (Å²) in [5.41, 5.74) is 13.6. The van der Waals surface area contributed by atoms with Crippen molar-refractivity contribution >= 4 is 21.8 Å². The smallest absolute Gasteiger partial charge is 0.0974 e. The third-order valence-corrected chi connectivity index (χ3v) is 7.62. The van der Waals surface area contributed by atoms with E-state index in [0.717, 1.165) is 33.2 Å². The first-order chi connectivity index (χ1) is 19.6. The van der Waals surface area contributed by atoms with Gasteiger partial charge in [-0.15, -0.1) is 0 Å². The topological polar surface area (TPSA) is 25.8 Å². The molecule has 0 atom stereocenters. The molecule has 0 amide bonds. The van der Waals surface area contributed by atoms with Crippen LogP contribution in [0.2, 0.25) is 0 Å². The summed E-state index contributed by atoms with van der Waals surface area (Å²) in [5.74, 6) is 0. The minimum absolute atomic E-state index is 0.962. The largest absolute Gasteiger partial charge is 0.251 e. The number of aryl methyl sites for hydroxylation is 2. The van der Waals surface area contributed by atoms with Crippen LogP contribution in [-0.2, 0) is 0 Å². The normalized spacial score (nSPS) is 11.2. The number of hydrogen-bond acceptors (Lipinski definition) is 2. The predicted octanol–water partition coefficient (Wildman–Crippen LogP) is 10.1. The fraction of sp³-hybridized carbons (Fsp3) is 0.0526. The molecule has 0 fully saturated rings. The van der Waals surface area contributed by atoms with Crippen LogP contribution in [0.3, 0.4) is 0 Å². The van der Waals surface area contributed by atoms with Gasteiger partial charge in [0.25, 0.3) is 0 Å². The monoisotopic (exact) mass is 512 g/mol. The summed E-state index contributed by atoms with van der Waals surface area (Å²) in [6.07, 6.45) is 0. The highest BCUT2D eigenvalue weighted by Crippen LogP contribution is 2.37. The molecule has 5 aromatic carbocycles.